The fourth-order valence-corrected chi connectivity index (χ4v) is 11.8. The molecule has 1 fully saturated rings. The largest absolute Gasteiger partial charge is 0.390 e. The van der Waals surface area contributed by atoms with E-state index in [2.05, 4.69) is 26.6 Å². The molecule has 522 valence electrons. The first-order valence-corrected chi connectivity index (χ1v) is 32.7. The van der Waals surface area contributed by atoms with Gasteiger partial charge >= 0.3 is 0 Å². The monoisotopic (exact) mass is 1290 g/mol. The van der Waals surface area contributed by atoms with Crippen LogP contribution in [-0.2, 0) is 57.5 Å². The second kappa shape index (κ2) is 38.7. The molecule has 0 aromatic heterocycles. The van der Waals surface area contributed by atoms with E-state index in [1.54, 1.807) is 68.5 Å². The summed E-state index contributed by atoms with van der Waals surface area (Å²) in [6.45, 7) is 28.3. The number of rotatable bonds is 20. The van der Waals surface area contributed by atoms with E-state index in [-0.39, 0.29) is 56.5 Å². The maximum absolute atomic E-state index is 15.3. The first-order chi connectivity index (χ1) is 42.2. The number of aliphatic hydroxyl groups is 1. The molecule has 0 aromatic rings. The van der Waals surface area contributed by atoms with Crippen LogP contribution in [0.15, 0.2) is 12.2 Å². The summed E-state index contributed by atoms with van der Waals surface area (Å²) in [6.07, 6.45) is 3.27. The molecule has 14 atom stereocenters. The van der Waals surface area contributed by atoms with Crippen molar-refractivity contribution in [1.29, 1.82) is 0 Å². The zero-order chi connectivity index (χ0) is 70.4. The van der Waals surface area contributed by atoms with Gasteiger partial charge in [-0.25, -0.2) is 0 Å². The van der Waals surface area contributed by atoms with Gasteiger partial charge in [0.1, 0.15) is 66.5 Å². The van der Waals surface area contributed by atoms with E-state index in [1.165, 1.54) is 99.7 Å². The van der Waals surface area contributed by atoms with Crippen molar-refractivity contribution in [3.05, 3.63) is 12.2 Å². The van der Waals surface area contributed by atoms with Gasteiger partial charge in [-0.1, -0.05) is 102 Å². The zero-order valence-corrected chi connectivity index (χ0v) is 60.0. The molecule has 0 bridgehead atoms. The topological polar surface area (TPSA) is 300 Å². The summed E-state index contributed by atoms with van der Waals surface area (Å²) in [5.74, 6) is -10.6. The van der Waals surface area contributed by atoms with Crippen molar-refractivity contribution in [3.63, 3.8) is 0 Å². The van der Waals surface area contributed by atoms with Crippen LogP contribution < -0.4 is 26.6 Å². The Morgan fingerprint density at radius 3 is 1.42 bits per heavy atom. The van der Waals surface area contributed by atoms with Crippen LogP contribution in [0.3, 0.4) is 0 Å². The number of likely N-dealkylation sites (N-methyl/N-ethyl adjacent to an activating group) is 7. The average Bonchev–Trinajstić information content (AvgIpc) is 0.968. The molecule has 91 heavy (non-hydrogen) atoms. The van der Waals surface area contributed by atoms with Crippen LogP contribution >= 0.6 is 0 Å². The minimum atomic E-state index is -1.64. The number of nitrogens with zero attached hydrogens (tertiary/aromatic N) is 7. The van der Waals surface area contributed by atoms with Gasteiger partial charge in [-0.05, 0) is 115 Å². The highest BCUT2D eigenvalue weighted by Crippen LogP contribution is 2.26. The predicted molar refractivity (Wildman–Crippen MR) is 352 cm³/mol. The molecule has 0 aliphatic carbocycles. The molecular formula is C66H120N12O13. The van der Waals surface area contributed by atoms with Gasteiger partial charge in [-0.2, -0.15) is 0 Å². The van der Waals surface area contributed by atoms with E-state index in [4.69, 9.17) is 4.74 Å². The third kappa shape index (κ3) is 23.1. The summed E-state index contributed by atoms with van der Waals surface area (Å²) >= 11 is 0. The number of aliphatic hydroxyl groups excluding tert-OH is 1. The van der Waals surface area contributed by atoms with Crippen molar-refractivity contribution in [2.75, 3.05) is 76.6 Å². The Morgan fingerprint density at radius 1 is 0.505 bits per heavy atom. The van der Waals surface area contributed by atoms with Gasteiger partial charge in [-0.15, -0.1) is 0 Å². The fourth-order valence-electron chi connectivity index (χ4n) is 11.8. The normalized spacial score (nSPS) is 27.0. The van der Waals surface area contributed by atoms with Gasteiger partial charge in [0.05, 0.1) is 12.7 Å². The molecular weight excluding hydrogens is 1170 g/mol. The van der Waals surface area contributed by atoms with Crippen molar-refractivity contribution in [2.45, 2.75) is 228 Å². The van der Waals surface area contributed by atoms with Crippen molar-refractivity contribution in [2.24, 2.45) is 41.4 Å². The zero-order valence-electron chi connectivity index (χ0n) is 60.0. The van der Waals surface area contributed by atoms with E-state index in [9.17, 15) is 29.1 Å². The molecule has 1 aliphatic heterocycles. The van der Waals surface area contributed by atoms with Crippen LogP contribution in [0.2, 0.25) is 0 Å². The molecule has 0 saturated carbocycles. The van der Waals surface area contributed by atoms with E-state index in [0.717, 1.165) is 4.90 Å². The Labute approximate surface area is 545 Å². The standard InChI is InChI=1S/C66H120N12O13/c1-26-28-30-42(13)55(79)54-59(83)70-46(27-2)61(85)72(18)47(31-29-32-67-17)62(86)77(23)53(43(14)36-91-25)58(82)71-51(40(9)10)65(89)73(19)48(33-37(3)4)57(81)68-44(15)56(80)69-45(16)60(84)74(20)49(34-38(5)6)63(87)75(21)50(35-39(7)8)64(88)76(22)52(41(11)12)66(90)78(54)24/h26,28,37-55,67,79H,27,29-36H2,1-25H3,(H,68,81)(H,69,80)(H,70,83)(H,71,82)/b28-26+/t42-,43-,44+,45-,46+,47-,48+,49+,50+,51?,52?,53+,54+,55-/m1/s1. The molecule has 1 aliphatic rings. The molecule has 25 nitrogen and oxygen atoms in total. The number of carbonyl (C=O) groups excluding carboxylic acids is 11. The molecule has 6 N–H and O–H groups in total. The van der Waals surface area contributed by atoms with Crippen LogP contribution in [0, 0.1) is 41.4 Å². The van der Waals surface area contributed by atoms with Crippen molar-refractivity contribution in [3.8, 4) is 0 Å². The van der Waals surface area contributed by atoms with Crippen LogP contribution in [-0.4, -0.2) is 254 Å². The molecule has 0 radical (unpaired) electrons. The third-order valence-corrected chi connectivity index (χ3v) is 17.5. The van der Waals surface area contributed by atoms with Crippen LogP contribution in [0.4, 0.5) is 0 Å². The lowest BCUT2D eigenvalue weighted by molar-refractivity contribution is -0.157. The Kier molecular flexibility index (Phi) is 35.2. The third-order valence-electron chi connectivity index (χ3n) is 17.5. The molecule has 11 amide bonds. The first kappa shape index (κ1) is 82.8. The molecule has 0 aromatic carbocycles. The summed E-state index contributed by atoms with van der Waals surface area (Å²) in [5.41, 5.74) is 0. The summed E-state index contributed by atoms with van der Waals surface area (Å²) in [7, 11) is 13.2. The Hall–Kier alpha value is -6.21. The Balaban J connectivity index is 4.53. The van der Waals surface area contributed by atoms with Crippen LogP contribution in [0.25, 0.3) is 0 Å². The van der Waals surface area contributed by atoms with Gasteiger partial charge in [0, 0.05) is 62.4 Å². The maximum atomic E-state index is 15.3. The van der Waals surface area contributed by atoms with E-state index in [1.807, 2.05) is 47.6 Å². The lowest BCUT2D eigenvalue weighted by Crippen LogP contribution is -2.64. The number of ether oxygens (including phenoxy) is 1. The number of hydrogen-bond acceptors (Lipinski definition) is 14. The molecule has 2 unspecified atom stereocenters. The van der Waals surface area contributed by atoms with Gasteiger partial charge in [0.15, 0.2) is 0 Å². The summed E-state index contributed by atoms with van der Waals surface area (Å²) in [5, 5.41) is 26.4. The summed E-state index contributed by atoms with van der Waals surface area (Å²) < 4.78 is 5.52. The summed E-state index contributed by atoms with van der Waals surface area (Å²) in [6, 6.07) is -14.0. The Bertz CT molecular complexity index is 2460. The summed E-state index contributed by atoms with van der Waals surface area (Å²) in [4.78, 5) is 172. The number of allylic oxidation sites excluding steroid dienone is 2. The smallest absolute Gasteiger partial charge is 0.246 e. The van der Waals surface area contributed by atoms with Gasteiger partial charge in [0.25, 0.3) is 0 Å². The van der Waals surface area contributed by atoms with Crippen molar-refractivity contribution < 1.29 is 62.6 Å². The number of nitrogens with one attached hydrogen (secondary N) is 5. The maximum Gasteiger partial charge on any atom is 0.246 e. The second-order valence-corrected chi connectivity index (χ2v) is 27.3. The Morgan fingerprint density at radius 2 is 0.945 bits per heavy atom. The number of carbonyl (C=O) groups is 11. The minimum absolute atomic E-state index is 0.00415. The highest BCUT2D eigenvalue weighted by atomic mass is 16.5. The molecule has 1 saturated heterocycles. The second-order valence-electron chi connectivity index (χ2n) is 27.3. The number of methoxy groups -OCH3 is 1. The first-order valence-electron chi connectivity index (χ1n) is 32.7. The van der Waals surface area contributed by atoms with E-state index in [0.29, 0.717) is 19.4 Å². The van der Waals surface area contributed by atoms with Crippen LogP contribution in [0.5, 0.6) is 0 Å². The quantitative estimate of drug-likeness (QED) is 0.0755. The lowest BCUT2D eigenvalue weighted by atomic mass is 9.91. The van der Waals surface area contributed by atoms with Gasteiger partial charge in [0.2, 0.25) is 65.0 Å². The SMILES string of the molecule is C/C=C/C[C@@H](C)[C@@H](O)[C@H]1C(=O)N[C@@H](CC)C(=O)N(C)[C@H](CCCNC)C(=O)N(C)[C@@H]([C@H](C)COC)C(=O)NC(C(C)C)C(=O)N(C)[C@@H](CC(C)C)C(=O)N[C@@H](C)C(=O)N[C@H](C)C(=O)N(C)[C@@H](CC(C)C)C(=O)N(C)[C@@H](CC(C)C)C(=O)N(C)C(C(C)C)C(=O)N1C. The molecule has 0 spiro atoms. The lowest BCUT2D eigenvalue weighted by Gasteiger charge is -2.41. The highest BCUT2D eigenvalue weighted by Gasteiger charge is 2.47. The minimum Gasteiger partial charge on any atom is -0.390 e. The fraction of sp³-hybridized carbons (Fsp3) is 0.803. The van der Waals surface area contributed by atoms with Crippen molar-refractivity contribution >= 4 is 65.0 Å². The predicted octanol–water partition coefficient (Wildman–Crippen LogP) is 2.87. The van der Waals surface area contributed by atoms with Gasteiger partial charge < -0.3 is 70.7 Å². The molecule has 1 heterocycles. The number of hydrogen-bond donors (Lipinski definition) is 6. The van der Waals surface area contributed by atoms with E-state index >= 15 is 28.8 Å². The molecule has 25 heteroatoms. The number of amides is 11. The van der Waals surface area contributed by atoms with Crippen LogP contribution in [0.1, 0.15) is 156 Å². The van der Waals surface area contributed by atoms with E-state index < -0.39 is 161 Å². The van der Waals surface area contributed by atoms with Gasteiger partial charge in [-0.3, -0.25) is 52.7 Å². The average molecular weight is 1290 g/mol. The molecule has 1 rings (SSSR count). The van der Waals surface area contributed by atoms with Crippen molar-refractivity contribution in [1.82, 2.24) is 60.9 Å². The highest BCUT2D eigenvalue weighted by molar-refractivity contribution is 6.00.